The van der Waals surface area contributed by atoms with Crippen molar-refractivity contribution in [3.8, 4) is 0 Å². The highest BCUT2D eigenvalue weighted by Crippen LogP contribution is 2.23. The predicted molar refractivity (Wildman–Crippen MR) is 86.7 cm³/mol. The molecular formula is C17H20BrNO. The second kappa shape index (κ2) is 7.58. The molecule has 0 aromatic heterocycles. The summed E-state index contributed by atoms with van der Waals surface area (Å²) in [5, 5.41) is 13.1. The Morgan fingerprint density at radius 2 is 1.70 bits per heavy atom. The van der Waals surface area contributed by atoms with E-state index in [1.54, 1.807) is 0 Å². The third kappa shape index (κ3) is 4.17. The standard InChI is InChI=1S/C17H20BrNO/c1-13(16-9-5-6-10-17(16)18)19-15(12-20)11-14-7-3-2-4-8-14/h2-10,13,15,19-20H,11-12H2,1H3/t13?,15-/m0/s1. The molecule has 2 aromatic rings. The Kier molecular flexibility index (Phi) is 5.77. The van der Waals surface area contributed by atoms with Crippen LogP contribution in [0.15, 0.2) is 59.1 Å². The van der Waals surface area contributed by atoms with Crippen molar-refractivity contribution in [3.63, 3.8) is 0 Å². The van der Waals surface area contributed by atoms with Gasteiger partial charge in [0.15, 0.2) is 0 Å². The quantitative estimate of drug-likeness (QED) is 0.844. The van der Waals surface area contributed by atoms with Crippen LogP contribution in [0.5, 0.6) is 0 Å². The van der Waals surface area contributed by atoms with Crippen molar-refractivity contribution in [1.29, 1.82) is 0 Å². The van der Waals surface area contributed by atoms with Gasteiger partial charge in [-0.3, -0.25) is 0 Å². The Morgan fingerprint density at radius 3 is 2.35 bits per heavy atom. The molecule has 0 saturated carbocycles. The molecule has 1 unspecified atom stereocenters. The molecule has 20 heavy (non-hydrogen) atoms. The lowest BCUT2D eigenvalue weighted by molar-refractivity contribution is 0.232. The molecule has 0 saturated heterocycles. The van der Waals surface area contributed by atoms with Crippen molar-refractivity contribution < 1.29 is 5.11 Å². The first-order valence-corrected chi connectivity index (χ1v) is 7.65. The minimum Gasteiger partial charge on any atom is -0.395 e. The van der Waals surface area contributed by atoms with Gasteiger partial charge >= 0.3 is 0 Å². The van der Waals surface area contributed by atoms with Gasteiger partial charge in [0.1, 0.15) is 0 Å². The summed E-state index contributed by atoms with van der Waals surface area (Å²) < 4.78 is 1.09. The van der Waals surface area contributed by atoms with E-state index in [4.69, 9.17) is 0 Å². The van der Waals surface area contributed by atoms with E-state index in [2.05, 4.69) is 46.4 Å². The average Bonchev–Trinajstić information content (AvgIpc) is 2.48. The van der Waals surface area contributed by atoms with Crippen molar-refractivity contribution in [2.45, 2.75) is 25.4 Å². The minimum atomic E-state index is 0.0551. The molecule has 0 heterocycles. The van der Waals surface area contributed by atoms with Crippen molar-refractivity contribution in [1.82, 2.24) is 5.32 Å². The summed E-state index contributed by atoms with van der Waals surface area (Å²) >= 11 is 3.57. The first-order chi connectivity index (χ1) is 9.70. The second-order valence-electron chi connectivity index (χ2n) is 4.98. The molecule has 2 aromatic carbocycles. The van der Waals surface area contributed by atoms with E-state index in [1.807, 2.05) is 36.4 Å². The second-order valence-corrected chi connectivity index (χ2v) is 5.83. The number of hydrogen-bond donors (Lipinski definition) is 2. The zero-order chi connectivity index (χ0) is 14.4. The molecule has 3 heteroatoms. The summed E-state index contributed by atoms with van der Waals surface area (Å²) in [5.41, 5.74) is 2.44. The van der Waals surface area contributed by atoms with Crippen LogP contribution < -0.4 is 5.32 Å². The number of halogens is 1. The number of rotatable bonds is 6. The van der Waals surface area contributed by atoms with Crippen LogP contribution >= 0.6 is 15.9 Å². The van der Waals surface area contributed by atoms with E-state index >= 15 is 0 Å². The Bertz CT molecular complexity index is 530. The van der Waals surface area contributed by atoms with Crippen molar-refractivity contribution in [2.75, 3.05) is 6.61 Å². The van der Waals surface area contributed by atoms with Crippen LogP contribution in [0.4, 0.5) is 0 Å². The smallest absolute Gasteiger partial charge is 0.0588 e. The SMILES string of the molecule is CC(N[C@H](CO)Cc1ccccc1)c1ccccc1Br. The molecule has 0 bridgehead atoms. The molecule has 0 radical (unpaired) electrons. The first-order valence-electron chi connectivity index (χ1n) is 6.86. The van der Waals surface area contributed by atoms with E-state index in [0.29, 0.717) is 0 Å². The van der Waals surface area contributed by atoms with E-state index in [0.717, 1.165) is 10.9 Å². The molecule has 0 fully saturated rings. The van der Waals surface area contributed by atoms with E-state index in [9.17, 15) is 5.11 Å². The van der Waals surface area contributed by atoms with Crippen LogP contribution in [-0.4, -0.2) is 17.8 Å². The summed E-state index contributed by atoms with van der Waals surface area (Å²) in [6, 6.07) is 18.7. The molecule has 0 amide bonds. The molecule has 0 spiro atoms. The minimum absolute atomic E-state index is 0.0551. The highest BCUT2D eigenvalue weighted by molar-refractivity contribution is 9.10. The molecular weight excluding hydrogens is 314 g/mol. The van der Waals surface area contributed by atoms with E-state index in [-0.39, 0.29) is 18.7 Å². The van der Waals surface area contributed by atoms with Gasteiger partial charge in [-0.25, -0.2) is 0 Å². The molecule has 2 N–H and O–H groups in total. The first kappa shape index (κ1) is 15.2. The maximum Gasteiger partial charge on any atom is 0.0588 e. The Labute approximate surface area is 129 Å². The third-order valence-electron chi connectivity index (χ3n) is 3.40. The van der Waals surface area contributed by atoms with Gasteiger partial charge in [0.2, 0.25) is 0 Å². The lowest BCUT2D eigenvalue weighted by atomic mass is 10.0. The zero-order valence-electron chi connectivity index (χ0n) is 11.6. The molecule has 0 aliphatic rings. The number of aliphatic hydroxyl groups is 1. The van der Waals surface area contributed by atoms with Gasteiger partial charge < -0.3 is 10.4 Å². The van der Waals surface area contributed by atoms with E-state index in [1.165, 1.54) is 11.1 Å². The maximum absolute atomic E-state index is 9.58. The molecule has 2 atom stereocenters. The number of benzene rings is 2. The normalized spacial score (nSPS) is 13.9. The Morgan fingerprint density at radius 1 is 1.05 bits per heavy atom. The summed E-state index contributed by atoms with van der Waals surface area (Å²) in [6.45, 7) is 2.25. The fourth-order valence-corrected chi connectivity index (χ4v) is 2.97. The lowest BCUT2D eigenvalue weighted by Crippen LogP contribution is -2.36. The predicted octanol–water partition coefficient (Wildman–Crippen LogP) is 3.70. The molecule has 0 aliphatic heterocycles. The van der Waals surface area contributed by atoms with Crippen LogP contribution in [-0.2, 0) is 6.42 Å². The van der Waals surface area contributed by atoms with Gasteiger partial charge in [0, 0.05) is 16.6 Å². The number of nitrogens with one attached hydrogen (secondary N) is 1. The van der Waals surface area contributed by atoms with Gasteiger partial charge in [-0.05, 0) is 30.5 Å². The van der Waals surface area contributed by atoms with Gasteiger partial charge in [-0.15, -0.1) is 0 Å². The highest BCUT2D eigenvalue weighted by Gasteiger charge is 2.14. The van der Waals surface area contributed by atoms with Crippen LogP contribution in [0.1, 0.15) is 24.1 Å². The maximum atomic E-state index is 9.58. The van der Waals surface area contributed by atoms with Crippen molar-refractivity contribution in [2.24, 2.45) is 0 Å². The summed E-state index contributed by atoms with van der Waals surface area (Å²) in [5.74, 6) is 0. The molecule has 2 rings (SSSR count). The molecule has 2 nitrogen and oxygen atoms in total. The van der Waals surface area contributed by atoms with E-state index < -0.39 is 0 Å². The van der Waals surface area contributed by atoms with Crippen molar-refractivity contribution >= 4 is 15.9 Å². The third-order valence-corrected chi connectivity index (χ3v) is 4.12. The number of hydrogen-bond acceptors (Lipinski definition) is 2. The monoisotopic (exact) mass is 333 g/mol. The Balaban J connectivity index is 2.01. The largest absolute Gasteiger partial charge is 0.395 e. The Hall–Kier alpha value is -1.16. The van der Waals surface area contributed by atoms with Gasteiger partial charge in [-0.2, -0.15) is 0 Å². The molecule has 0 aliphatic carbocycles. The van der Waals surface area contributed by atoms with Gasteiger partial charge in [-0.1, -0.05) is 64.5 Å². The fraction of sp³-hybridized carbons (Fsp3) is 0.294. The van der Waals surface area contributed by atoms with Crippen LogP contribution in [0.2, 0.25) is 0 Å². The zero-order valence-corrected chi connectivity index (χ0v) is 13.2. The summed E-state index contributed by atoms with van der Waals surface area (Å²) in [4.78, 5) is 0. The van der Waals surface area contributed by atoms with Crippen LogP contribution in [0, 0.1) is 0 Å². The molecule has 106 valence electrons. The summed E-state index contributed by atoms with van der Waals surface area (Å²) in [7, 11) is 0. The lowest BCUT2D eigenvalue weighted by Gasteiger charge is -2.23. The highest BCUT2D eigenvalue weighted by atomic mass is 79.9. The number of aliphatic hydroxyl groups excluding tert-OH is 1. The van der Waals surface area contributed by atoms with Crippen LogP contribution in [0.25, 0.3) is 0 Å². The summed E-state index contributed by atoms with van der Waals surface area (Å²) in [6.07, 6.45) is 0.826. The van der Waals surface area contributed by atoms with Gasteiger partial charge in [0.25, 0.3) is 0 Å². The topological polar surface area (TPSA) is 32.3 Å². The van der Waals surface area contributed by atoms with Crippen molar-refractivity contribution in [3.05, 3.63) is 70.2 Å². The van der Waals surface area contributed by atoms with Gasteiger partial charge in [0.05, 0.1) is 6.61 Å². The average molecular weight is 334 g/mol. The fourth-order valence-electron chi connectivity index (χ4n) is 2.34. The van der Waals surface area contributed by atoms with Crippen LogP contribution in [0.3, 0.4) is 0 Å².